The third kappa shape index (κ3) is 8.12. The smallest absolute Gasteiger partial charge is 0.252 e. The van der Waals surface area contributed by atoms with Crippen LogP contribution in [0.2, 0.25) is 0 Å². The van der Waals surface area contributed by atoms with E-state index in [1.807, 2.05) is 0 Å². The van der Waals surface area contributed by atoms with Crippen LogP contribution in [-0.4, -0.2) is 6.71 Å². The Labute approximate surface area is 437 Å². The lowest BCUT2D eigenvalue weighted by Crippen LogP contribution is -2.62. The van der Waals surface area contributed by atoms with Crippen LogP contribution in [0.3, 0.4) is 0 Å². The van der Waals surface area contributed by atoms with Crippen molar-refractivity contribution in [3.05, 3.63) is 147 Å². The highest BCUT2D eigenvalue weighted by molar-refractivity contribution is 7.00. The standard InChI is InChI=1S/C69H87BN2/c1-42-22-24-45(63(5,6)7)36-56(42)72-57-37-46(64(8,9)10)25-28-53(57)70-54-40-51-52(69(20,21)33-32-68(51,18)19)41-58(54)71(59-38-47(65(11,12)13)39-60(72)61(59)70)55-29-26-44(62(2,3)4)35-48(55)43-23-27-49-50(34-43)67(16,17)31-30-66(49,14)15/h22-29,34-41H,30-33H2,1-21H3. The van der Waals surface area contributed by atoms with Gasteiger partial charge in [-0.05, 0) is 190 Å². The molecule has 3 heteroatoms. The molecule has 0 N–H and O–H groups in total. The Morgan fingerprint density at radius 3 is 1.32 bits per heavy atom. The van der Waals surface area contributed by atoms with E-state index in [2.05, 4.69) is 252 Å². The lowest BCUT2D eigenvalue weighted by atomic mass is 9.33. The largest absolute Gasteiger partial charge is 0.311 e. The summed E-state index contributed by atoms with van der Waals surface area (Å²) >= 11 is 0. The second-order valence-corrected chi connectivity index (χ2v) is 29.8. The molecule has 2 aliphatic heterocycles. The molecule has 0 saturated heterocycles. The maximum atomic E-state index is 2.76. The molecule has 0 atom stereocenters. The SMILES string of the molecule is Cc1ccc(C(C)(C)C)cc1N1c2cc(C(C)(C)C)ccc2B2c3cc4c(cc3N(c3ccc(C(C)(C)C)cc3-c3ccc5c(c3)C(C)(C)CCC5(C)C)c3cc(C(C)(C)C)cc1c32)C(C)(C)CCC4(C)C. The Morgan fingerprint density at radius 2 is 0.778 bits per heavy atom. The van der Waals surface area contributed by atoms with Gasteiger partial charge in [-0.3, -0.25) is 0 Å². The van der Waals surface area contributed by atoms with Crippen LogP contribution >= 0.6 is 0 Å². The number of hydrogen-bond acceptors (Lipinski definition) is 2. The van der Waals surface area contributed by atoms with Crippen molar-refractivity contribution in [1.82, 2.24) is 0 Å². The molecule has 2 nitrogen and oxygen atoms in total. The summed E-state index contributed by atoms with van der Waals surface area (Å²) in [5.74, 6) is 0. The molecular formula is C69H87BN2. The molecule has 72 heavy (non-hydrogen) atoms. The number of nitrogens with zero attached hydrogens (tertiary/aromatic N) is 2. The van der Waals surface area contributed by atoms with Gasteiger partial charge >= 0.3 is 0 Å². The Morgan fingerprint density at radius 1 is 0.361 bits per heavy atom. The van der Waals surface area contributed by atoms with Gasteiger partial charge in [0.25, 0.3) is 6.71 Å². The summed E-state index contributed by atoms with van der Waals surface area (Å²) in [6.45, 7) is 50.7. The summed E-state index contributed by atoms with van der Waals surface area (Å²) in [6.07, 6.45) is 4.72. The third-order valence-corrected chi connectivity index (χ3v) is 18.4. The van der Waals surface area contributed by atoms with Gasteiger partial charge < -0.3 is 9.80 Å². The molecule has 10 rings (SSSR count). The van der Waals surface area contributed by atoms with Crippen molar-refractivity contribution < 1.29 is 0 Å². The van der Waals surface area contributed by atoms with Gasteiger partial charge in [0.05, 0.1) is 5.69 Å². The molecular weight excluding hydrogens is 868 g/mol. The zero-order valence-corrected chi connectivity index (χ0v) is 48.5. The lowest BCUT2D eigenvalue weighted by molar-refractivity contribution is 0.332. The molecule has 0 radical (unpaired) electrons. The van der Waals surface area contributed by atoms with Crippen LogP contribution in [0.25, 0.3) is 11.1 Å². The van der Waals surface area contributed by atoms with E-state index in [1.165, 1.54) is 131 Å². The van der Waals surface area contributed by atoms with Crippen LogP contribution in [-0.2, 0) is 43.3 Å². The number of benzene rings is 6. The fourth-order valence-electron chi connectivity index (χ4n) is 13.0. The van der Waals surface area contributed by atoms with Gasteiger partial charge in [0, 0.05) is 34.0 Å². The van der Waals surface area contributed by atoms with E-state index in [-0.39, 0.29) is 50.0 Å². The first-order chi connectivity index (χ1) is 33.1. The van der Waals surface area contributed by atoms with E-state index in [9.17, 15) is 0 Å². The topological polar surface area (TPSA) is 6.48 Å². The summed E-state index contributed by atoms with van der Waals surface area (Å²) in [5, 5.41) is 0. The summed E-state index contributed by atoms with van der Waals surface area (Å²) in [7, 11) is 0. The minimum absolute atomic E-state index is 0.0176. The highest BCUT2D eigenvalue weighted by Crippen LogP contribution is 2.54. The minimum Gasteiger partial charge on any atom is -0.311 e. The third-order valence-electron chi connectivity index (χ3n) is 18.4. The average Bonchev–Trinajstić information content (AvgIpc) is 3.27. The van der Waals surface area contributed by atoms with E-state index in [1.54, 1.807) is 0 Å². The van der Waals surface area contributed by atoms with E-state index in [0.717, 1.165) is 6.42 Å². The first-order valence-electron chi connectivity index (χ1n) is 27.6. The van der Waals surface area contributed by atoms with Crippen molar-refractivity contribution in [3.8, 4) is 11.1 Å². The Hall–Kier alpha value is -5.02. The molecule has 376 valence electrons. The maximum Gasteiger partial charge on any atom is 0.252 e. The van der Waals surface area contributed by atoms with Gasteiger partial charge in [-0.25, -0.2) is 0 Å². The van der Waals surface area contributed by atoms with Gasteiger partial charge in [-0.2, -0.15) is 0 Å². The van der Waals surface area contributed by atoms with Crippen LogP contribution in [0.4, 0.5) is 34.1 Å². The highest BCUT2D eigenvalue weighted by atomic mass is 15.2. The fourth-order valence-corrected chi connectivity index (χ4v) is 13.0. The van der Waals surface area contributed by atoms with Crippen molar-refractivity contribution in [3.63, 3.8) is 0 Å². The Bertz CT molecular complexity index is 3200. The Balaban J connectivity index is 1.38. The second kappa shape index (κ2) is 16.0. The first-order valence-corrected chi connectivity index (χ1v) is 27.6. The molecule has 0 spiro atoms. The van der Waals surface area contributed by atoms with Crippen LogP contribution in [0, 0.1) is 6.92 Å². The quantitative estimate of drug-likeness (QED) is 0.163. The number of fused-ring (bicyclic) bond motifs is 6. The van der Waals surface area contributed by atoms with Crippen molar-refractivity contribution >= 4 is 57.2 Å². The molecule has 2 heterocycles. The average molecular weight is 955 g/mol. The summed E-state index contributed by atoms with van der Waals surface area (Å²) < 4.78 is 0. The molecule has 6 aromatic carbocycles. The minimum atomic E-state index is -0.133. The maximum absolute atomic E-state index is 2.76. The molecule has 0 aromatic heterocycles. The predicted molar refractivity (Wildman–Crippen MR) is 316 cm³/mol. The molecule has 2 aliphatic carbocycles. The summed E-state index contributed by atoms with van der Waals surface area (Å²) in [6, 6.07) is 40.4. The van der Waals surface area contributed by atoms with Gasteiger partial charge in [0.15, 0.2) is 0 Å². The predicted octanol–water partition coefficient (Wildman–Crippen LogP) is 17.6. The van der Waals surface area contributed by atoms with Gasteiger partial charge in [-0.1, -0.05) is 193 Å². The van der Waals surface area contributed by atoms with Gasteiger partial charge in [0.1, 0.15) is 0 Å². The molecule has 4 aliphatic rings. The van der Waals surface area contributed by atoms with Crippen LogP contribution < -0.4 is 26.2 Å². The monoisotopic (exact) mass is 955 g/mol. The zero-order chi connectivity index (χ0) is 52.4. The van der Waals surface area contributed by atoms with Crippen LogP contribution in [0.1, 0.15) is 214 Å². The molecule has 6 aromatic rings. The molecule has 0 unspecified atom stereocenters. The lowest BCUT2D eigenvalue weighted by Gasteiger charge is -2.48. The fraction of sp³-hybridized carbons (Fsp3) is 0.478. The van der Waals surface area contributed by atoms with Crippen molar-refractivity contribution in [1.29, 1.82) is 0 Å². The van der Waals surface area contributed by atoms with Crippen molar-refractivity contribution in [2.45, 2.75) is 214 Å². The van der Waals surface area contributed by atoms with Crippen LogP contribution in [0.15, 0.2) is 97.1 Å². The van der Waals surface area contributed by atoms with E-state index >= 15 is 0 Å². The van der Waals surface area contributed by atoms with Gasteiger partial charge in [-0.15, -0.1) is 0 Å². The Kier molecular flexibility index (Phi) is 11.2. The first kappa shape index (κ1) is 50.5. The normalized spacial score (nSPS) is 18.5. The van der Waals surface area contributed by atoms with E-state index in [4.69, 9.17) is 0 Å². The van der Waals surface area contributed by atoms with Crippen LogP contribution in [0.5, 0.6) is 0 Å². The molecule has 0 bridgehead atoms. The number of rotatable bonds is 3. The zero-order valence-electron chi connectivity index (χ0n) is 48.5. The molecule has 0 saturated carbocycles. The molecule has 0 amide bonds. The van der Waals surface area contributed by atoms with Gasteiger partial charge in [0.2, 0.25) is 0 Å². The highest BCUT2D eigenvalue weighted by Gasteiger charge is 2.48. The number of aryl methyl sites for hydroxylation is 1. The van der Waals surface area contributed by atoms with Crippen molar-refractivity contribution in [2.24, 2.45) is 0 Å². The summed E-state index contributed by atoms with van der Waals surface area (Å²) in [5.41, 5.74) is 27.3. The summed E-state index contributed by atoms with van der Waals surface area (Å²) in [4.78, 5) is 5.46. The molecule has 0 fully saturated rings. The van der Waals surface area contributed by atoms with E-state index in [0.29, 0.717) is 0 Å². The van der Waals surface area contributed by atoms with E-state index < -0.39 is 0 Å². The van der Waals surface area contributed by atoms with Crippen molar-refractivity contribution in [2.75, 3.05) is 9.80 Å². The number of anilines is 6. The second-order valence-electron chi connectivity index (χ2n) is 29.8. The number of hydrogen-bond donors (Lipinski definition) is 0.